The molecule has 0 spiro atoms. The van der Waals surface area contributed by atoms with Gasteiger partial charge in [0, 0.05) is 0 Å². The monoisotopic (exact) mass is 258 g/mol. The van der Waals surface area contributed by atoms with Gasteiger partial charge < -0.3 is 9.11 Å². The van der Waals surface area contributed by atoms with Gasteiger partial charge in [0.05, 0.1) is 11.4 Å². The zero-order valence-electron chi connectivity index (χ0n) is 5.94. The van der Waals surface area contributed by atoms with Gasteiger partial charge in [-0.2, -0.15) is 26.3 Å². The molecule has 0 aliphatic rings. The molecule has 0 heterocycles. The molecule has 1 unspecified atom stereocenters. The molecule has 0 amide bonds. The Morgan fingerprint density at radius 3 is 1.08 bits per heavy atom. The summed E-state index contributed by atoms with van der Waals surface area (Å²) in [7, 11) is 0. The van der Waals surface area contributed by atoms with Crippen molar-refractivity contribution in [3.8, 4) is 0 Å². The van der Waals surface area contributed by atoms with Crippen molar-refractivity contribution in [2.24, 2.45) is 0 Å². The van der Waals surface area contributed by atoms with E-state index in [0.29, 0.717) is 0 Å². The standard InChI is InChI=1S/C2F6.K.H2O3S/c3-1(4,5)2(6,7)8;;1-4(2)3/h;;(H2,1,2,3)/q;+1;/p-1. The number of halogens is 6. The molecule has 0 saturated carbocycles. The molecule has 1 N–H and O–H groups in total. The number of hydrogen-bond acceptors (Lipinski definition) is 2. The minimum absolute atomic E-state index is 0. The summed E-state index contributed by atoms with van der Waals surface area (Å²) in [5.74, 6) is 0. The predicted octanol–water partition coefficient (Wildman–Crippen LogP) is -1.55. The first kappa shape index (κ1) is 19.8. The Balaban J connectivity index is -0.000000173. The number of alkyl halides is 6. The minimum atomic E-state index is -6.06. The van der Waals surface area contributed by atoms with Crippen LogP contribution < -0.4 is 51.4 Å². The van der Waals surface area contributed by atoms with Crippen LogP contribution in [0.3, 0.4) is 0 Å². The summed E-state index contributed by atoms with van der Waals surface area (Å²) in [5.41, 5.74) is 0. The molecule has 0 rings (SSSR count). The van der Waals surface area contributed by atoms with Crippen LogP contribution in [0.4, 0.5) is 26.3 Å². The molecule has 3 nitrogen and oxygen atoms in total. The van der Waals surface area contributed by atoms with E-state index in [1.165, 1.54) is 0 Å². The van der Waals surface area contributed by atoms with E-state index in [4.69, 9.17) is 13.3 Å². The van der Waals surface area contributed by atoms with Crippen LogP contribution in [0.15, 0.2) is 0 Å². The van der Waals surface area contributed by atoms with Crippen LogP contribution in [-0.2, 0) is 11.4 Å². The molecule has 0 aromatic rings. The van der Waals surface area contributed by atoms with E-state index in [-0.39, 0.29) is 51.4 Å². The van der Waals surface area contributed by atoms with Gasteiger partial charge >= 0.3 is 63.7 Å². The van der Waals surface area contributed by atoms with Crippen molar-refractivity contribution in [3.63, 3.8) is 0 Å². The van der Waals surface area contributed by atoms with E-state index in [9.17, 15) is 26.3 Å². The summed E-state index contributed by atoms with van der Waals surface area (Å²) in [6.45, 7) is 0. The van der Waals surface area contributed by atoms with Crippen LogP contribution >= 0.6 is 0 Å². The van der Waals surface area contributed by atoms with Crippen molar-refractivity contribution < 1.29 is 91.0 Å². The third-order valence-corrected chi connectivity index (χ3v) is 0.321. The largest absolute Gasteiger partial charge is 1.00 e. The van der Waals surface area contributed by atoms with Gasteiger partial charge in [0.15, 0.2) is 0 Å². The Hall–Kier alpha value is 1.29. The van der Waals surface area contributed by atoms with Crippen LogP contribution in [0.5, 0.6) is 0 Å². The summed E-state index contributed by atoms with van der Waals surface area (Å²) in [6.07, 6.45) is -12.1. The predicted molar refractivity (Wildman–Crippen MR) is 23.7 cm³/mol. The maximum atomic E-state index is 10.4. The molecule has 0 aromatic heterocycles. The van der Waals surface area contributed by atoms with Crippen LogP contribution in [0.1, 0.15) is 0 Å². The summed E-state index contributed by atoms with van der Waals surface area (Å²) in [4.78, 5) is 0. The average molecular weight is 258 g/mol. The second-order valence-electron chi connectivity index (χ2n) is 1.21. The first-order valence-electron chi connectivity index (χ1n) is 1.90. The zero-order chi connectivity index (χ0) is 10.6. The van der Waals surface area contributed by atoms with Crippen LogP contribution in [-0.4, -0.2) is 25.7 Å². The molecule has 0 aliphatic carbocycles. The Morgan fingerprint density at radius 2 is 1.08 bits per heavy atom. The molecule has 13 heavy (non-hydrogen) atoms. The quantitative estimate of drug-likeness (QED) is 0.325. The molecule has 0 saturated heterocycles. The summed E-state index contributed by atoms with van der Waals surface area (Å²) in [5, 5.41) is 0. The summed E-state index contributed by atoms with van der Waals surface area (Å²) >= 11 is -2.86. The summed E-state index contributed by atoms with van der Waals surface area (Å²) in [6, 6.07) is 0. The fourth-order valence-electron chi connectivity index (χ4n) is 0. The van der Waals surface area contributed by atoms with E-state index in [1.807, 2.05) is 0 Å². The smallest absolute Gasteiger partial charge is 0.750 e. The molecule has 76 valence electrons. The van der Waals surface area contributed by atoms with Crippen molar-refractivity contribution in [2.45, 2.75) is 12.4 Å². The molecule has 11 heteroatoms. The Kier molecular flexibility index (Phi) is 11.5. The molecular formula is C2HF6KO3S. The molecule has 1 atom stereocenters. The van der Waals surface area contributed by atoms with Gasteiger partial charge in [0.1, 0.15) is 0 Å². The van der Waals surface area contributed by atoms with Crippen molar-refractivity contribution >= 4 is 11.4 Å². The molecule has 0 fully saturated rings. The van der Waals surface area contributed by atoms with Gasteiger partial charge in [-0.1, -0.05) is 0 Å². The Labute approximate surface area is 113 Å². The van der Waals surface area contributed by atoms with E-state index in [0.717, 1.165) is 0 Å². The molecule has 0 radical (unpaired) electrons. The first-order chi connectivity index (χ1) is 4.98. The van der Waals surface area contributed by atoms with Gasteiger partial charge in [0.25, 0.3) is 0 Å². The number of rotatable bonds is 0. The SMILES string of the molecule is FC(F)(F)C(F)(F)F.O=S([O-])O.[K+]. The maximum absolute atomic E-state index is 10.4. The van der Waals surface area contributed by atoms with Gasteiger partial charge in [-0.3, -0.25) is 0 Å². The normalized spacial score (nSPS) is 13.5. The van der Waals surface area contributed by atoms with E-state index in [2.05, 4.69) is 0 Å². The fraction of sp³-hybridized carbons (Fsp3) is 1.00. The van der Waals surface area contributed by atoms with E-state index in [1.54, 1.807) is 0 Å². The molecule has 0 bridgehead atoms. The van der Waals surface area contributed by atoms with E-state index < -0.39 is 23.7 Å². The molecule has 0 aliphatic heterocycles. The second kappa shape index (κ2) is 7.56. The third kappa shape index (κ3) is 16.0. The van der Waals surface area contributed by atoms with Gasteiger partial charge in [-0.15, -0.1) is 0 Å². The molecular weight excluding hydrogens is 257 g/mol. The fourth-order valence-corrected chi connectivity index (χ4v) is 0. The molecule has 0 aromatic carbocycles. The maximum Gasteiger partial charge on any atom is 1.00 e. The van der Waals surface area contributed by atoms with E-state index >= 15 is 0 Å². The van der Waals surface area contributed by atoms with Crippen LogP contribution in [0.2, 0.25) is 0 Å². The van der Waals surface area contributed by atoms with Crippen LogP contribution in [0, 0.1) is 0 Å². The average Bonchev–Trinajstić information content (AvgIpc) is 1.55. The zero-order valence-corrected chi connectivity index (χ0v) is 9.88. The van der Waals surface area contributed by atoms with Gasteiger partial charge in [-0.05, 0) is 0 Å². The van der Waals surface area contributed by atoms with Crippen molar-refractivity contribution in [1.82, 2.24) is 0 Å². The van der Waals surface area contributed by atoms with Gasteiger partial charge in [0.2, 0.25) is 0 Å². The second-order valence-corrected chi connectivity index (χ2v) is 1.65. The first-order valence-corrected chi connectivity index (χ1v) is 2.93. The Morgan fingerprint density at radius 1 is 1.00 bits per heavy atom. The number of hydrogen-bond donors (Lipinski definition) is 1. The summed E-state index contributed by atoms with van der Waals surface area (Å²) < 4.78 is 86.7. The van der Waals surface area contributed by atoms with Crippen molar-refractivity contribution in [3.05, 3.63) is 0 Å². The topological polar surface area (TPSA) is 60.4 Å². The Bertz CT molecular complexity index is 137. The third-order valence-electron chi connectivity index (χ3n) is 0.321. The van der Waals surface area contributed by atoms with Gasteiger partial charge in [-0.25, -0.2) is 4.21 Å². The van der Waals surface area contributed by atoms with Crippen LogP contribution in [0.25, 0.3) is 0 Å². The minimum Gasteiger partial charge on any atom is -0.750 e. The van der Waals surface area contributed by atoms with Crippen molar-refractivity contribution in [1.29, 1.82) is 0 Å². The van der Waals surface area contributed by atoms with Crippen molar-refractivity contribution in [2.75, 3.05) is 0 Å².